The number of phosphoric acid groups is 1. The second kappa shape index (κ2) is 8.87. The highest BCUT2D eigenvalue weighted by Gasteiger charge is 2.33. The van der Waals surface area contributed by atoms with Crippen LogP contribution < -0.4 is 13.6 Å². The quantitative estimate of drug-likeness (QED) is 0.281. The molecule has 1 atom stereocenters. The van der Waals surface area contributed by atoms with Crippen molar-refractivity contribution in [2.45, 2.75) is 27.2 Å². The normalized spacial score (nSPS) is 12.9. The second-order valence-corrected chi connectivity index (χ2v) is 8.99. The minimum absolute atomic E-state index is 0.414. The van der Waals surface area contributed by atoms with Crippen molar-refractivity contribution in [2.24, 2.45) is 0 Å². The average molecular weight is 432 g/mol. The summed E-state index contributed by atoms with van der Waals surface area (Å²) in [5.74, 6) is 1.27. The first kappa shape index (κ1) is 21.0. The Hall–Kier alpha value is -3.23. The summed E-state index contributed by atoms with van der Waals surface area (Å²) in [6.45, 7) is 5.99. The number of hydrogen-bond donors (Lipinski definition) is 0. The van der Waals surface area contributed by atoms with Crippen LogP contribution in [0.3, 0.4) is 0 Å². The smallest absolute Gasteiger partial charge is 0.386 e. The summed E-state index contributed by atoms with van der Waals surface area (Å²) in [7, 11) is -4.03. The number of aryl methyl sites for hydroxylation is 3. The van der Waals surface area contributed by atoms with Gasteiger partial charge in [-0.1, -0.05) is 55.5 Å². The molecule has 4 nitrogen and oxygen atoms in total. The minimum atomic E-state index is -4.03. The Bertz CT molecular complexity index is 1230. The maximum Gasteiger partial charge on any atom is 0.647 e. The van der Waals surface area contributed by atoms with Gasteiger partial charge in [0.15, 0.2) is 0 Å². The Kier molecular flexibility index (Phi) is 6.01. The molecule has 31 heavy (non-hydrogen) atoms. The molecule has 0 N–H and O–H groups in total. The molecule has 0 fully saturated rings. The summed E-state index contributed by atoms with van der Waals surface area (Å²) < 4.78 is 31.3. The van der Waals surface area contributed by atoms with E-state index in [0.717, 1.165) is 33.9 Å². The number of fused-ring (bicyclic) bond motifs is 1. The molecule has 0 aliphatic carbocycles. The molecule has 0 heterocycles. The second-order valence-electron chi connectivity index (χ2n) is 7.55. The van der Waals surface area contributed by atoms with E-state index >= 15 is 0 Å². The van der Waals surface area contributed by atoms with E-state index in [4.69, 9.17) is 13.6 Å². The van der Waals surface area contributed by atoms with Crippen molar-refractivity contribution < 1.29 is 18.1 Å². The maximum atomic E-state index is 13.8. The molecule has 158 valence electrons. The molecule has 4 aromatic rings. The molecular weight excluding hydrogens is 407 g/mol. The SMILES string of the molecule is CCc1ccc(OP(=O)(Oc2cc(C)cc(C)c2)Oc2ccc3ccccc3c2)cc1. The van der Waals surface area contributed by atoms with Crippen molar-refractivity contribution >= 4 is 18.6 Å². The molecular formula is C26H25O4P. The Morgan fingerprint density at radius 2 is 1.23 bits per heavy atom. The average Bonchev–Trinajstić information content (AvgIpc) is 2.73. The molecule has 0 aliphatic heterocycles. The van der Waals surface area contributed by atoms with Crippen molar-refractivity contribution in [3.8, 4) is 17.2 Å². The molecule has 0 bridgehead atoms. The molecule has 0 saturated heterocycles. The third-order valence-corrected chi connectivity index (χ3v) is 6.20. The maximum absolute atomic E-state index is 13.8. The van der Waals surface area contributed by atoms with Gasteiger partial charge in [-0.15, -0.1) is 0 Å². The largest absolute Gasteiger partial charge is 0.647 e. The van der Waals surface area contributed by atoms with Crippen molar-refractivity contribution in [3.63, 3.8) is 0 Å². The van der Waals surface area contributed by atoms with Crippen LogP contribution in [-0.4, -0.2) is 0 Å². The van der Waals surface area contributed by atoms with Crippen molar-refractivity contribution in [3.05, 3.63) is 102 Å². The molecule has 0 amide bonds. The number of rotatable bonds is 7. The minimum Gasteiger partial charge on any atom is -0.386 e. The van der Waals surface area contributed by atoms with Crippen LogP contribution in [0.1, 0.15) is 23.6 Å². The van der Waals surface area contributed by atoms with Gasteiger partial charge in [-0.2, -0.15) is 4.57 Å². The van der Waals surface area contributed by atoms with Gasteiger partial charge in [-0.05, 0) is 84.1 Å². The predicted octanol–water partition coefficient (Wildman–Crippen LogP) is 7.66. The fourth-order valence-corrected chi connectivity index (χ4v) is 4.67. The summed E-state index contributed by atoms with van der Waals surface area (Å²) in [6, 6.07) is 26.5. The Morgan fingerprint density at radius 1 is 0.645 bits per heavy atom. The van der Waals surface area contributed by atoms with E-state index in [1.54, 1.807) is 18.2 Å². The first-order chi connectivity index (χ1) is 14.9. The van der Waals surface area contributed by atoms with Crippen LogP contribution in [0.2, 0.25) is 0 Å². The van der Waals surface area contributed by atoms with Crippen LogP contribution in [0.25, 0.3) is 10.8 Å². The first-order valence-electron chi connectivity index (χ1n) is 10.3. The van der Waals surface area contributed by atoms with Crippen molar-refractivity contribution in [1.82, 2.24) is 0 Å². The molecule has 5 heteroatoms. The van der Waals surface area contributed by atoms with E-state index in [1.165, 1.54) is 0 Å². The first-order valence-corrected chi connectivity index (χ1v) is 11.7. The van der Waals surface area contributed by atoms with Crippen LogP contribution in [0.4, 0.5) is 0 Å². The highest BCUT2D eigenvalue weighted by molar-refractivity contribution is 7.49. The van der Waals surface area contributed by atoms with Crippen LogP contribution >= 0.6 is 7.82 Å². The van der Waals surface area contributed by atoms with Gasteiger partial charge in [0, 0.05) is 0 Å². The van der Waals surface area contributed by atoms with E-state index in [0.29, 0.717) is 17.2 Å². The fraction of sp³-hybridized carbons (Fsp3) is 0.154. The van der Waals surface area contributed by atoms with Gasteiger partial charge in [-0.3, -0.25) is 0 Å². The molecule has 0 aromatic heterocycles. The van der Waals surface area contributed by atoms with Crippen molar-refractivity contribution in [1.29, 1.82) is 0 Å². The van der Waals surface area contributed by atoms with Crippen LogP contribution in [0, 0.1) is 13.8 Å². The molecule has 1 unspecified atom stereocenters. The summed E-state index contributed by atoms with van der Waals surface area (Å²) in [4.78, 5) is 0. The van der Waals surface area contributed by atoms with Gasteiger partial charge in [0.2, 0.25) is 0 Å². The monoisotopic (exact) mass is 432 g/mol. The standard InChI is InChI=1S/C26H25O4P/c1-4-21-9-12-24(13-10-21)28-31(27,30-26-16-19(2)15-20(3)17-26)29-25-14-11-22-7-5-6-8-23(22)18-25/h5-18H,4H2,1-3H3. The molecule has 0 radical (unpaired) electrons. The summed E-state index contributed by atoms with van der Waals surface area (Å²) in [6.07, 6.45) is 0.907. The molecule has 4 aromatic carbocycles. The van der Waals surface area contributed by atoms with Crippen LogP contribution in [0.15, 0.2) is 84.9 Å². The Balaban J connectivity index is 1.68. The van der Waals surface area contributed by atoms with Gasteiger partial charge in [0.25, 0.3) is 0 Å². The fourth-order valence-electron chi connectivity index (χ4n) is 3.44. The highest BCUT2D eigenvalue weighted by Crippen LogP contribution is 2.50. The van der Waals surface area contributed by atoms with E-state index in [9.17, 15) is 4.57 Å². The number of hydrogen-bond acceptors (Lipinski definition) is 4. The summed E-state index contributed by atoms with van der Waals surface area (Å²) >= 11 is 0. The van der Waals surface area contributed by atoms with Crippen LogP contribution in [-0.2, 0) is 11.0 Å². The van der Waals surface area contributed by atoms with Gasteiger partial charge >= 0.3 is 7.82 Å². The molecule has 0 aliphatic rings. The zero-order valence-electron chi connectivity index (χ0n) is 17.9. The van der Waals surface area contributed by atoms with Gasteiger partial charge in [0.1, 0.15) is 17.2 Å². The Morgan fingerprint density at radius 3 is 1.90 bits per heavy atom. The highest BCUT2D eigenvalue weighted by atomic mass is 31.2. The topological polar surface area (TPSA) is 44.8 Å². The summed E-state index contributed by atoms with van der Waals surface area (Å²) in [5.41, 5.74) is 3.16. The van der Waals surface area contributed by atoms with E-state index in [1.807, 2.05) is 80.6 Å². The Labute approximate surface area is 183 Å². The third kappa shape index (κ3) is 5.28. The lowest BCUT2D eigenvalue weighted by Crippen LogP contribution is -2.08. The predicted molar refractivity (Wildman–Crippen MR) is 125 cm³/mol. The third-order valence-electron chi connectivity index (χ3n) is 4.90. The van der Waals surface area contributed by atoms with E-state index in [-0.39, 0.29) is 0 Å². The lowest BCUT2D eigenvalue weighted by molar-refractivity contribution is 0.298. The number of benzene rings is 4. The van der Waals surface area contributed by atoms with Crippen LogP contribution in [0.5, 0.6) is 17.2 Å². The van der Waals surface area contributed by atoms with E-state index in [2.05, 4.69) is 6.92 Å². The molecule has 4 rings (SSSR count). The van der Waals surface area contributed by atoms with Gasteiger partial charge in [-0.25, -0.2) is 0 Å². The number of phosphoric ester groups is 1. The van der Waals surface area contributed by atoms with E-state index < -0.39 is 7.82 Å². The molecule has 0 spiro atoms. The van der Waals surface area contributed by atoms with Gasteiger partial charge < -0.3 is 13.6 Å². The molecule has 0 saturated carbocycles. The zero-order chi connectivity index (χ0) is 21.8. The van der Waals surface area contributed by atoms with Crippen molar-refractivity contribution in [2.75, 3.05) is 0 Å². The summed E-state index contributed by atoms with van der Waals surface area (Å²) in [5, 5.41) is 2.04. The van der Waals surface area contributed by atoms with Gasteiger partial charge in [0.05, 0.1) is 0 Å². The lowest BCUT2D eigenvalue weighted by Gasteiger charge is -2.20. The zero-order valence-corrected chi connectivity index (χ0v) is 18.8. The lowest BCUT2D eigenvalue weighted by atomic mass is 10.1.